The van der Waals surface area contributed by atoms with Crippen molar-refractivity contribution in [2.75, 3.05) is 17.8 Å². The Hall–Kier alpha value is -1.82. The highest BCUT2D eigenvalue weighted by atomic mass is 32.2. The molecule has 0 saturated carbocycles. The van der Waals surface area contributed by atoms with E-state index in [9.17, 15) is 31.5 Å². The van der Waals surface area contributed by atoms with Crippen LogP contribution in [0.5, 0.6) is 0 Å². The number of aromatic nitrogens is 2. The van der Waals surface area contributed by atoms with E-state index in [0.717, 1.165) is 12.3 Å². The number of alkyl halides is 3. The molecule has 1 heterocycles. The largest absolute Gasteiger partial charge is 0.529 e. The van der Waals surface area contributed by atoms with Gasteiger partial charge in [-0.3, -0.25) is 5.10 Å². The average molecular weight is 301 g/mol. The maximum Gasteiger partial charge on any atom is 0.404 e. The van der Waals surface area contributed by atoms with Gasteiger partial charge in [0, 0.05) is 6.07 Å². The zero-order chi connectivity index (χ0) is 14.8. The number of amides is 1. The van der Waals surface area contributed by atoms with Crippen LogP contribution in [0.4, 0.5) is 23.8 Å². The van der Waals surface area contributed by atoms with Crippen LogP contribution in [-0.2, 0) is 10.0 Å². The van der Waals surface area contributed by atoms with E-state index in [1.165, 1.54) is 0 Å². The van der Waals surface area contributed by atoms with Gasteiger partial charge in [0.25, 0.3) is 0 Å². The first-order valence-corrected chi connectivity index (χ1v) is 6.42. The SMILES string of the molecule is CS(=O)(=O)N(CC(F)(F)F)N(C(=O)[O-])c1ccn[nH]1. The van der Waals surface area contributed by atoms with E-state index in [1.54, 1.807) is 0 Å². The number of hydrogen-bond acceptors (Lipinski definition) is 5. The summed E-state index contributed by atoms with van der Waals surface area (Å²) in [6.07, 6.45) is -5.61. The van der Waals surface area contributed by atoms with Gasteiger partial charge in [0.2, 0.25) is 10.0 Å². The quantitative estimate of drug-likeness (QED) is 0.739. The maximum absolute atomic E-state index is 12.3. The minimum Gasteiger partial charge on any atom is -0.529 e. The summed E-state index contributed by atoms with van der Waals surface area (Å²) < 4.78 is 59.2. The fourth-order valence-corrected chi connectivity index (χ4v) is 2.00. The van der Waals surface area contributed by atoms with Crippen LogP contribution < -0.4 is 10.1 Å². The van der Waals surface area contributed by atoms with E-state index in [1.807, 2.05) is 5.10 Å². The first kappa shape index (κ1) is 15.2. The number of hydrogen-bond donors (Lipinski definition) is 1. The molecule has 108 valence electrons. The molecule has 0 fully saturated rings. The van der Waals surface area contributed by atoms with Crippen molar-refractivity contribution >= 4 is 21.9 Å². The Balaban J connectivity index is 3.24. The van der Waals surface area contributed by atoms with Crippen LogP contribution in [0.3, 0.4) is 0 Å². The molecule has 8 nitrogen and oxygen atoms in total. The van der Waals surface area contributed by atoms with E-state index in [0.29, 0.717) is 6.26 Å². The fourth-order valence-electron chi connectivity index (χ4n) is 1.17. The molecule has 0 aromatic carbocycles. The molecule has 0 atom stereocenters. The van der Waals surface area contributed by atoms with Gasteiger partial charge in [-0.2, -0.15) is 18.3 Å². The van der Waals surface area contributed by atoms with Crippen LogP contribution in [0.15, 0.2) is 12.3 Å². The molecule has 1 aromatic heterocycles. The first-order valence-electron chi connectivity index (χ1n) is 4.57. The molecular weight excluding hydrogens is 293 g/mol. The average Bonchev–Trinajstić information content (AvgIpc) is 2.65. The number of carbonyl (C=O) groups excluding carboxylic acids is 1. The molecule has 0 spiro atoms. The summed E-state index contributed by atoms with van der Waals surface area (Å²) in [5.41, 5.74) is 0. The molecule has 0 saturated heterocycles. The highest BCUT2D eigenvalue weighted by molar-refractivity contribution is 7.88. The maximum atomic E-state index is 12.3. The predicted octanol–water partition coefficient (Wildman–Crippen LogP) is -0.702. The van der Waals surface area contributed by atoms with Crippen LogP contribution in [-0.4, -0.2) is 48.1 Å². The first-order chi connectivity index (χ1) is 8.52. The number of sulfonamides is 1. The number of anilines is 1. The van der Waals surface area contributed by atoms with Crippen LogP contribution >= 0.6 is 0 Å². The summed E-state index contributed by atoms with van der Waals surface area (Å²) in [6, 6.07) is 0.977. The molecule has 0 radical (unpaired) electrons. The second kappa shape index (κ2) is 5.05. The van der Waals surface area contributed by atoms with Gasteiger partial charge in [-0.05, 0) is 0 Å². The predicted molar refractivity (Wildman–Crippen MR) is 54.1 cm³/mol. The highest BCUT2D eigenvalue weighted by Crippen LogP contribution is 2.22. The summed E-state index contributed by atoms with van der Waals surface area (Å²) in [5.74, 6) is -0.491. The van der Waals surface area contributed by atoms with Crippen molar-refractivity contribution in [1.29, 1.82) is 0 Å². The molecule has 1 aromatic rings. The molecular formula is C7H8F3N4O4S-. The molecule has 1 N–H and O–H groups in total. The number of aromatic amines is 1. The third kappa shape index (κ3) is 4.10. The van der Waals surface area contributed by atoms with Crippen molar-refractivity contribution in [2.24, 2.45) is 0 Å². The third-order valence-electron chi connectivity index (χ3n) is 1.81. The monoisotopic (exact) mass is 301 g/mol. The number of halogens is 3. The summed E-state index contributed by atoms with van der Waals surface area (Å²) in [6.45, 7) is -2.02. The molecule has 1 rings (SSSR count). The van der Waals surface area contributed by atoms with Crippen molar-refractivity contribution in [3.05, 3.63) is 12.3 Å². The van der Waals surface area contributed by atoms with Gasteiger partial charge in [0.15, 0.2) is 6.09 Å². The van der Waals surface area contributed by atoms with Crippen molar-refractivity contribution in [3.8, 4) is 0 Å². The second-order valence-corrected chi connectivity index (χ2v) is 5.27. The van der Waals surface area contributed by atoms with E-state index in [-0.39, 0.29) is 9.42 Å². The highest BCUT2D eigenvalue weighted by Gasteiger charge is 2.39. The Morgan fingerprint density at radius 3 is 2.42 bits per heavy atom. The van der Waals surface area contributed by atoms with Crippen molar-refractivity contribution in [1.82, 2.24) is 14.6 Å². The van der Waals surface area contributed by atoms with Gasteiger partial charge < -0.3 is 9.90 Å². The zero-order valence-corrected chi connectivity index (χ0v) is 10.2. The van der Waals surface area contributed by atoms with Crippen molar-refractivity contribution < 1.29 is 31.5 Å². The standard InChI is InChI=1S/C7H9F3N4O4S/c1-19(17,18)13(4-7(8,9)10)14(6(15)16)5-2-3-11-12-5/h2-3H,4H2,1H3,(H,11,12)(H,15,16)/p-1. The summed E-state index contributed by atoms with van der Waals surface area (Å²) in [5, 5.41) is 16.0. The second-order valence-electron chi connectivity index (χ2n) is 3.38. The molecule has 1 amide bonds. The van der Waals surface area contributed by atoms with Gasteiger partial charge in [-0.25, -0.2) is 13.4 Å². The minimum atomic E-state index is -4.93. The zero-order valence-electron chi connectivity index (χ0n) is 9.38. The van der Waals surface area contributed by atoms with Crippen molar-refractivity contribution in [3.63, 3.8) is 0 Å². The molecule has 0 aliphatic rings. The summed E-state index contributed by atoms with van der Waals surface area (Å²) >= 11 is 0. The molecule has 19 heavy (non-hydrogen) atoms. The molecule has 0 aliphatic heterocycles. The molecule has 0 unspecified atom stereocenters. The number of carboxylic acid groups (broad SMARTS) is 1. The normalized spacial score (nSPS) is 12.7. The van der Waals surface area contributed by atoms with Gasteiger partial charge >= 0.3 is 6.18 Å². The molecule has 0 aliphatic carbocycles. The Bertz CT molecular complexity index is 541. The number of nitrogens with one attached hydrogen (secondary N) is 1. The summed E-state index contributed by atoms with van der Waals surface area (Å²) in [7, 11) is -4.50. The van der Waals surface area contributed by atoms with Crippen molar-refractivity contribution in [2.45, 2.75) is 6.18 Å². The van der Waals surface area contributed by atoms with Crippen LogP contribution in [0.2, 0.25) is 0 Å². The van der Waals surface area contributed by atoms with Crippen LogP contribution in [0.1, 0.15) is 0 Å². The van der Waals surface area contributed by atoms with E-state index in [2.05, 4.69) is 5.10 Å². The lowest BCUT2D eigenvalue weighted by atomic mass is 10.6. The van der Waals surface area contributed by atoms with Gasteiger partial charge in [-0.15, -0.1) is 0 Å². The Morgan fingerprint density at radius 1 is 1.53 bits per heavy atom. The molecule has 12 heteroatoms. The number of rotatable bonds is 4. The Morgan fingerprint density at radius 2 is 2.11 bits per heavy atom. The summed E-state index contributed by atoms with van der Waals surface area (Å²) in [4.78, 5) is 10.9. The Kier molecular flexibility index (Phi) is 4.05. The van der Waals surface area contributed by atoms with E-state index >= 15 is 0 Å². The third-order valence-corrected chi connectivity index (χ3v) is 2.87. The van der Waals surface area contributed by atoms with Crippen LogP contribution in [0.25, 0.3) is 0 Å². The number of nitrogens with zero attached hydrogens (tertiary/aromatic N) is 3. The number of carbonyl (C=O) groups is 1. The van der Waals surface area contributed by atoms with Crippen LogP contribution in [0, 0.1) is 0 Å². The van der Waals surface area contributed by atoms with Gasteiger partial charge in [0.05, 0.1) is 12.5 Å². The van der Waals surface area contributed by atoms with Gasteiger partial charge in [0.1, 0.15) is 12.4 Å². The number of hydrazine groups is 1. The smallest absolute Gasteiger partial charge is 0.404 e. The van der Waals surface area contributed by atoms with Gasteiger partial charge in [-0.1, -0.05) is 4.41 Å². The lowest BCUT2D eigenvalue weighted by molar-refractivity contribution is -0.250. The topological polar surface area (TPSA) is 109 Å². The fraction of sp³-hybridized carbons (Fsp3) is 0.429. The van der Waals surface area contributed by atoms with E-state index < -0.39 is 34.7 Å². The number of H-pyrrole nitrogens is 1. The van der Waals surface area contributed by atoms with E-state index in [4.69, 9.17) is 0 Å². The minimum absolute atomic E-state index is 0.185. The lowest BCUT2D eigenvalue weighted by Crippen LogP contribution is -2.57. The Labute approximate surface area is 105 Å². The lowest BCUT2D eigenvalue weighted by Gasteiger charge is -2.33. The molecule has 0 bridgehead atoms.